The second kappa shape index (κ2) is 9.68. The third-order valence-electron chi connectivity index (χ3n) is 3.88. The summed E-state index contributed by atoms with van der Waals surface area (Å²) in [6.07, 6.45) is 12.3. The molecule has 0 bridgehead atoms. The second-order valence-electron chi connectivity index (χ2n) is 5.86. The molecule has 0 saturated carbocycles. The van der Waals surface area contributed by atoms with Crippen molar-refractivity contribution in [1.29, 1.82) is 0 Å². The van der Waals surface area contributed by atoms with Gasteiger partial charge in [0.05, 0.1) is 0 Å². The van der Waals surface area contributed by atoms with Crippen LogP contribution in [0.4, 0.5) is 0 Å². The number of aryl methyl sites for hydroxylation is 1. The Labute approximate surface area is 123 Å². The summed E-state index contributed by atoms with van der Waals surface area (Å²) in [5.41, 5.74) is 1.61. The summed E-state index contributed by atoms with van der Waals surface area (Å²) in [7, 11) is 0. The highest BCUT2D eigenvalue weighted by molar-refractivity contribution is 5.46. The van der Waals surface area contributed by atoms with Crippen molar-refractivity contribution in [2.75, 3.05) is 0 Å². The fraction of sp³-hybridized carbons (Fsp3) is 0.667. The molecule has 20 heavy (non-hydrogen) atoms. The normalized spacial score (nSPS) is 10.9. The minimum atomic E-state index is 0.238. The zero-order chi connectivity index (χ0) is 14.8. The van der Waals surface area contributed by atoms with Crippen LogP contribution in [0.25, 0.3) is 0 Å². The Morgan fingerprint density at radius 2 is 1.20 bits per heavy atom. The maximum Gasteiger partial charge on any atom is 0.122 e. The van der Waals surface area contributed by atoms with Gasteiger partial charge < -0.3 is 10.2 Å². The van der Waals surface area contributed by atoms with E-state index in [-0.39, 0.29) is 11.5 Å². The van der Waals surface area contributed by atoms with Crippen molar-refractivity contribution in [2.45, 2.75) is 78.1 Å². The predicted molar refractivity (Wildman–Crippen MR) is 85.4 cm³/mol. The molecule has 0 aliphatic rings. The topological polar surface area (TPSA) is 40.5 Å². The summed E-state index contributed by atoms with van der Waals surface area (Å²) < 4.78 is 0. The van der Waals surface area contributed by atoms with E-state index in [9.17, 15) is 10.2 Å². The first-order valence-electron chi connectivity index (χ1n) is 8.16. The highest BCUT2D eigenvalue weighted by Crippen LogP contribution is 2.30. The quantitative estimate of drug-likeness (QED) is 0.556. The molecule has 0 fully saturated rings. The zero-order valence-electron chi connectivity index (χ0n) is 13.1. The van der Waals surface area contributed by atoms with E-state index in [1.807, 2.05) is 6.92 Å². The van der Waals surface area contributed by atoms with E-state index in [4.69, 9.17) is 0 Å². The van der Waals surface area contributed by atoms with Crippen molar-refractivity contribution in [3.8, 4) is 11.5 Å². The van der Waals surface area contributed by atoms with Crippen molar-refractivity contribution in [3.05, 3.63) is 23.3 Å². The molecular formula is C18H30O2. The van der Waals surface area contributed by atoms with Gasteiger partial charge in [0.2, 0.25) is 0 Å². The third kappa shape index (κ3) is 6.31. The summed E-state index contributed by atoms with van der Waals surface area (Å²) in [6.45, 7) is 4.12. The Morgan fingerprint density at radius 1 is 0.750 bits per heavy atom. The zero-order valence-corrected chi connectivity index (χ0v) is 13.1. The summed E-state index contributed by atoms with van der Waals surface area (Å²) in [5, 5.41) is 19.7. The average molecular weight is 278 g/mol. The number of phenols is 2. The molecule has 2 heteroatoms. The SMILES string of the molecule is CCCCCCCCCCCc1c(O)cc(C)cc1O. The van der Waals surface area contributed by atoms with Gasteiger partial charge in [-0.2, -0.15) is 0 Å². The molecular weight excluding hydrogens is 248 g/mol. The minimum absolute atomic E-state index is 0.238. The fourth-order valence-corrected chi connectivity index (χ4v) is 2.65. The number of benzene rings is 1. The van der Waals surface area contributed by atoms with Gasteiger partial charge in [0.25, 0.3) is 0 Å². The van der Waals surface area contributed by atoms with E-state index < -0.39 is 0 Å². The van der Waals surface area contributed by atoms with Crippen LogP contribution in [-0.4, -0.2) is 10.2 Å². The summed E-state index contributed by atoms with van der Waals surface area (Å²) >= 11 is 0. The molecule has 0 spiro atoms. The Kier molecular flexibility index (Phi) is 8.17. The van der Waals surface area contributed by atoms with Crippen molar-refractivity contribution in [3.63, 3.8) is 0 Å². The standard InChI is InChI=1S/C18H30O2/c1-3-4-5-6-7-8-9-10-11-12-16-17(19)13-15(2)14-18(16)20/h13-14,19-20H,3-12H2,1-2H3. The molecule has 0 saturated heterocycles. The first-order chi connectivity index (χ1) is 9.65. The van der Waals surface area contributed by atoms with Gasteiger partial charge in [-0.05, 0) is 37.5 Å². The van der Waals surface area contributed by atoms with Gasteiger partial charge in [-0.3, -0.25) is 0 Å². The molecule has 0 aliphatic carbocycles. The lowest BCUT2D eigenvalue weighted by atomic mass is 10.0. The number of aromatic hydroxyl groups is 2. The molecule has 2 nitrogen and oxygen atoms in total. The van der Waals surface area contributed by atoms with Gasteiger partial charge in [0, 0.05) is 5.56 Å². The summed E-state index contributed by atoms with van der Waals surface area (Å²) in [6, 6.07) is 3.45. The van der Waals surface area contributed by atoms with Gasteiger partial charge in [0.15, 0.2) is 0 Å². The van der Waals surface area contributed by atoms with Crippen LogP contribution in [-0.2, 0) is 6.42 Å². The van der Waals surface area contributed by atoms with E-state index in [1.54, 1.807) is 12.1 Å². The van der Waals surface area contributed by atoms with Gasteiger partial charge in [-0.25, -0.2) is 0 Å². The fourth-order valence-electron chi connectivity index (χ4n) is 2.65. The van der Waals surface area contributed by atoms with Crippen molar-refractivity contribution < 1.29 is 10.2 Å². The van der Waals surface area contributed by atoms with Crippen molar-refractivity contribution in [2.24, 2.45) is 0 Å². The lowest BCUT2D eigenvalue weighted by Crippen LogP contribution is -1.90. The van der Waals surface area contributed by atoms with Crippen LogP contribution in [0.1, 0.15) is 75.8 Å². The Balaban J connectivity index is 2.13. The van der Waals surface area contributed by atoms with E-state index in [1.165, 1.54) is 51.4 Å². The molecule has 1 aromatic rings. The van der Waals surface area contributed by atoms with E-state index in [0.29, 0.717) is 5.56 Å². The first kappa shape index (κ1) is 16.9. The van der Waals surface area contributed by atoms with E-state index >= 15 is 0 Å². The second-order valence-corrected chi connectivity index (χ2v) is 5.86. The molecule has 1 aromatic carbocycles. The Morgan fingerprint density at radius 3 is 1.70 bits per heavy atom. The smallest absolute Gasteiger partial charge is 0.122 e. The van der Waals surface area contributed by atoms with Gasteiger partial charge in [0.1, 0.15) is 11.5 Å². The molecule has 0 aromatic heterocycles. The van der Waals surface area contributed by atoms with Crippen LogP contribution in [0.2, 0.25) is 0 Å². The average Bonchev–Trinajstić information content (AvgIpc) is 2.39. The number of rotatable bonds is 10. The Bertz CT molecular complexity index is 362. The van der Waals surface area contributed by atoms with Crippen LogP contribution < -0.4 is 0 Å². The van der Waals surface area contributed by atoms with Crippen molar-refractivity contribution in [1.82, 2.24) is 0 Å². The lowest BCUT2D eigenvalue weighted by molar-refractivity contribution is 0.434. The highest BCUT2D eigenvalue weighted by Gasteiger charge is 2.07. The molecule has 0 amide bonds. The van der Waals surface area contributed by atoms with Crippen molar-refractivity contribution >= 4 is 0 Å². The summed E-state index contributed by atoms with van der Waals surface area (Å²) in [5.74, 6) is 0.476. The van der Waals surface area contributed by atoms with E-state index in [0.717, 1.165) is 18.4 Å². The molecule has 0 heterocycles. The molecule has 0 aliphatic heterocycles. The van der Waals surface area contributed by atoms with Crippen LogP contribution in [0.15, 0.2) is 12.1 Å². The van der Waals surface area contributed by atoms with Gasteiger partial charge in [-0.1, -0.05) is 58.3 Å². The molecule has 114 valence electrons. The summed E-state index contributed by atoms with van der Waals surface area (Å²) in [4.78, 5) is 0. The number of phenolic OH excluding ortho intramolecular Hbond substituents is 2. The Hall–Kier alpha value is -1.18. The minimum Gasteiger partial charge on any atom is -0.508 e. The highest BCUT2D eigenvalue weighted by atomic mass is 16.3. The largest absolute Gasteiger partial charge is 0.508 e. The third-order valence-corrected chi connectivity index (χ3v) is 3.88. The monoisotopic (exact) mass is 278 g/mol. The lowest BCUT2D eigenvalue weighted by Gasteiger charge is -2.08. The number of unbranched alkanes of at least 4 members (excludes halogenated alkanes) is 8. The molecule has 2 N–H and O–H groups in total. The molecule has 0 radical (unpaired) electrons. The van der Waals surface area contributed by atoms with Crippen LogP contribution in [0, 0.1) is 6.92 Å². The van der Waals surface area contributed by atoms with Gasteiger partial charge in [-0.15, -0.1) is 0 Å². The number of hydrogen-bond donors (Lipinski definition) is 2. The number of hydrogen-bond acceptors (Lipinski definition) is 2. The molecule has 1 rings (SSSR count). The van der Waals surface area contributed by atoms with Crippen LogP contribution >= 0.6 is 0 Å². The molecule has 0 unspecified atom stereocenters. The van der Waals surface area contributed by atoms with Gasteiger partial charge >= 0.3 is 0 Å². The van der Waals surface area contributed by atoms with Crippen LogP contribution in [0.3, 0.4) is 0 Å². The van der Waals surface area contributed by atoms with E-state index in [2.05, 4.69) is 6.92 Å². The maximum absolute atomic E-state index is 9.84. The van der Waals surface area contributed by atoms with Crippen LogP contribution in [0.5, 0.6) is 11.5 Å². The molecule has 0 atom stereocenters. The first-order valence-corrected chi connectivity index (χ1v) is 8.16. The predicted octanol–water partition coefficient (Wildman–Crippen LogP) is 5.48. The maximum atomic E-state index is 9.84.